The van der Waals surface area contributed by atoms with Crippen LogP contribution in [0, 0.1) is 0 Å². The molecule has 5 heteroatoms. The predicted molar refractivity (Wildman–Crippen MR) is 118 cm³/mol. The lowest BCUT2D eigenvalue weighted by atomic mass is 9.95. The van der Waals surface area contributed by atoms with Gasteiger partial charge in [-0.15, -0.1) is 6.58 Å². The number of aryl methyl sites for hydroxylation is 2. The Hall–Kier alpha value is -2.53. The van der Waals surface area contributed by atoms with Crippen LogP contribution in [0.2, 0.25) is 0 Å². The molecule has 2 aromatic carbocycles. The number of benzene rings is 2. The molecule has 0 fully saturated rings. The number of carbonyl (C=O) groups is 1. The third kappa shape index (κ3) is 9.99. The lowest BCUT2D eigenvalue weighted by Crippen LogP contribution is -2.12. The predicted octanol–water partition coefficient (Wildman–Crippen LogP) is 6.02. The van der Waals surface area contributed by atoms with Gasteiger partial charge in [-0.1, -0.05) is 44.2 Å². The quantitative estimate of drug-likeness (QED) is 0.438. The molecule has 0 saturated heterocycles. The monoisotopic (exact) mass is 405 g/mol. The summed E-state index contributed by atoms with van der Waals surface area (Å²) in [6.07, 6.45) is 2.90. The Bertz CT molecular complexity index is 736. The van der Waals surface area contributed by atoms with Crippen molar-refractivity contribution in [2.75, 3.05) is 12.4 Å². The Morgan fingerprint density at radius 3 is 2.10 bits per heavy atom. The van der Waals surface area contributed by atoms with Gasteiger partial charge in [0.15, 0.2) is 0 Å². The number of hydrogen-bond acceptors (Lipinski definition) is 3. The molecule has 0 aliphatic heterocycles. The van der Waals surface area contributed by atoms with E-state index in [4.69, 9.17) is 5.11 Å². The second-order valence-electron chi connectivity index (χ2n) is 6.35. The maximum Gasteiger partial charge on any atom is 0.270 e. The summed E-state index contributed by atoms with van der Waals surface area (Å²) in [7, 11) is 1.85. The van der Waals surface area contributed by atoms with Crippen LogP contribution in [0.15, 0.2) is 55.1 Å². The minimum atomic E-state index is -2.95. The summed E-state index contributed by atoms with van der Waals surface area (Å²) < 4.78 is 27.5. The molecule has 0 heterocycles. The van der Waals surface area contributed by atoms with Gasteiger partial charge in [0.05, 0.1) is 6.10 Å². The fourth-order valence-electron chi connectivity index (χ4n) is 2.41. The third-order valence-electron chi connectivity index (χ3n) is 4.01. The highest BCUT2D eigenvalue weighted by atomic mass is 19.3. The van der Waals surface area contributed by atoms with Crippen molar-refractivity contribution < 1.29 is 18.7 Å². The van der Waals surface area contributed by atoms with E-state index < -0.39 is 5.92 Å². The Balaban J connectivity index is 0.000000977. The maximum atomic E-state index is 13.7. The van der Waals surface area contributed by atoms with Gasteiger partial charge in [0.2, 0.25) is 0 Å². The Labute approximate surface area is 173 Å². The number of alkyl halides is 2. The summed E-state index contributed by atoms with van der Waals surface area (Å²) in [5.74, 6) is -2.95. The highest BCUT2D eigenvalue weighted by Gasteiger charge is 2.27. The number of hydrogen-bond donors (Lipinski definition) is 2. The minimum Gasteiger partial charge on any atom is -0.389 e. The fraction of sp³-hybridized carbons (Fsp3) is 0.375. The molecular formula is C24H33F2NO2. The number of aldehydes is 1. The summed E-state index contributed by atoms with van der Waals surface area (Å²) >= 11 is 0. The first-order valence-electron chi connectivity index (χ1n) is 9.75. The summed E-state index contributed by atoms with van der Waals surface area (Å²) in [6.45, 7) is 9.83. The van der Waals surface area contributed by atoms with Crippen LogP contribution in [0.25, 0.3) is 0 Å². The van der Waals surface area contributed by atoms with Crippen molar-refractivity contribution in [3.8, 4) is 0 Å². The number of rotatable bonds is 7. The minimum absolute atomic E-state index is 0.0658. The van der Waals surface area contributed by atoms with Gasteiger partial charge in [0.25, 0.3) is 5.92 Å². The normalized spacial score (nSPS) is 11.2. The van der Waals surface area contributed by atoms with Gasteiger partial charge in [-0.3, -0.25) is 4.79 Å². The summed E-state index contributed by atoms with van der Waals surface area (Å²) in [5.41, 5.74) is 2.89. The van der Waals surface area contributed by atoms with Gasteiger partial charge in [0, 0.05) is 30.8 Å². The number of aliphatic hydroxyl groups excluding tert-OH is 1. The van der Waals surface area contributed by atoms with E-state index in [1.807, 2.05) is 45.2 Å². The molecule has 0 aromatic heterocycles. The molecule has 1 atom stereocenters. The maximum absolute atomic E-state index is 13.7. The van der Waals surface area contributed by atoms with Crippen molar-refractivity contribution in [3.05, 3.63) is 77.4 Å². The second-order valence-corrected chi connectivity index (χ2v) is 6.35. The molecule has 2 N–H and O–H groups in total. The van der Waals surface area contributed by atoms with Crippen molar-refractivity contribution in [2.24, 2.45) is 0 Å². The highest BCUT2D eigenvalue weighted by Crippen LogP contribution is 2.31. The van der Waals surface area contributed by atoms with Gasteiger partial charge >= 0.3 is 0 Å². The van der Waals surface area contributed by atoms with Gasteiger partial charge < -0.3 is 10.4 Å². The molecule has 0 amide bonds. The van der Waals surface area contributed by atoms with E-state index >= 15 is 0 Å². The van der Waals surface area contributed by atoms with Crippen LogP contribution in [0.5, 0.6) is 0 Å². The lowest BCUT2D eigenvalue weighted by Gasteiger charge is -2.16. The largest absolute Gasteiger partial charge is 0.389 e. The Morgan fingerprint density at radius 1 is 1.14 bits per heavy atom. The zero-order valence-corrected chi connectivity index (χ0v) is 18.0. The number of carbonyl (C=O) groups excluding carboxylic acids is 1. The first-order valence-corrected chi connectivity index (χ1v) is 9.75. The van der Waals surface area contributed by atoms with E-state index in [2.05, 4.69) is 11.9 Å². The zero-order valence-electron chi connectivity index (χ0n) is 18.0. The smallest absolute Gasteiger partial charge is 0.270 e. The van der Waals surface area contributed by atoms with Crippen LogP contribution < -0.4 is 5.32 Å². The van der Waals surface area contributed by atoms with E-state index in [0.29, 0.717) is 24.7 Å². The molecule has 0 aliphatic rings. The Kier molecular flexibility index (Phi) is 12.4. The van der Waals surface area contributed by atoms with Crippen LogP contribution >= 0.6 is 0 Å². The number of aliphatic hydroxyl groups is 1. The lowest BCUT2D eigenvalue weighted by molar-refractivity contribution is 0.0165. The van der Waals surface area contributed by atoms with E-state index in [1.54, 1.807) is 19.1 Å². The molecule has 0 aliphatic carbocycles. The Morgan fingerprint density at radius 2 is 1.69 bits per heavy atom. The molecule has 29 heavy (non-hydrogen) atoms. The molecule has 2 aromatic rings. The van der Waals surface area contributed by atoms with Crippen molar-refractivity contribution in [3.63, 3.8) is 0 Å². The first kappa shape index (κ1) is 26.5. The molecule has 0 spiro atoms. The van der Waals surface area contributed by atoms with Gasteiger partial charge in [-0.25, -0.2) is 8.78 Å². The van der Waals surface area contributed by atoms with E-state index in [9.17, 15) is 13.6 Å². The molecule has 3 nitrogen and oxygen atoms in total. The van der Waals surface area contributed by atoms with Crippen molar-refractivity contribution in [1.82, 2.24) is 0 Å². The second kappa shape index (κ2) is 13.6. The number of anilines is 1. The highest BCUT2D eigenvalue weighted by molar-refractivity contribution is 5.75. The van der Waals surface area contributed by atoms with Crippen LogP contribution in [0.4, 0.5) is 14.5 Å². The summed E-state index contributed by atoms with van der Waals surface area (Å²) in [6, 6.07) is 12.4. The van der Waals surface area contributed by atoms with Gasteiger partial charge in [-0.05, 0) is 49.1 Å². The third-order valence-corrected chi connectivity index (χ3v) is 4.01. The van der Waals surface area contributed by atoms with Crippen LogP contribution in [-0.4, -0.2) is 24.5 Å². The average molecular weight is 406 g/mol. The van der Waals surface area contributed by atoms with Crippen LogP contribution in [0.3, 0.4) is 0 Å². The molecule has 0 radical (unpaired) electrons. The van der Waals surface area contributed by atoms with Gasteiger partial charge in [-0.2, -0.15) is 0 Å². The van der Waals surface area contributed by atoms with Gasteiger partial charge in [0.1, 0.15) is 6.29 Å². The molecule has 2 rings (SSSR count). The molecule has 0 bridgehead atoms. The average Bonchev–Trinajstić information content (AvgIpc) is 2.73. The molecule has 1 unspecified atom stereocenters. The first-order chi connectivity index (χ1) is 13.7. The van der Waals surface area contributed by atoms with Crippen LogP contribution in [0.1, 0.15) is 54.7 Å². The van der Waals surface area contributed by atoms with E-state index in [1.165, 1.54) is 12.1 Å². The zero-order chi connectivity index (χ0) is 22.4. The summed E-state index contributed by atoms with van der Waals surface area (Å²) in [4.78, 5) is 10.8. The molecular weight excluding hydrogens is 372 g/mol. The standard InChI is InChI=1S/C18H19F2NO.C4H8O.C2H6/c1-18(19,20)17-11-14(12-22)4-8-15(17)7-3-13-5-9-16(21-2)10-6-13;1-3-4(2)5;1-2/h4-6,8-12,21H,3,7H2,1-2H3;3-5H,1H2,2H3;1-2H3. The summed E-state index contributed by atoms with van der Waals surface area (Å²) in [5, 5.41) is 11.3. The van der Waals surface area contributed by atoms with E-state index in [0.717, 1.165) is 18.2 Å². The number of nitrogens with one attached hydrogen (secondary N) is 1. The van der Waals surface area contributed by atoms with Crippen LogP contribution in [-0.2, 0) is 18.8 Å². The fourth-order valence-corrected chi connectivity index (χ4v) is 2.41. The van der Waals surface area contributed by atoms with Crippen molar-refractivity contribution in [2.45, 2.75) is 52.6 Å². The van der Waals surface area contributed by atoms with E-state index in [-0.39, 0.29) is 17.2 Å². The molecule has 0 saturated carbocycles. The van der Waals surface area contributed by atoms with Crippen molar-refractivity contribution in [1.29, 1.82) is 0 Å². The molecule has 160 valence electrons. The number of halogens is 2. The van der Waals surface area contributed by atoms with Crippen molar-refractivity contribution >= 4 is 12.0 Å². The topological polar surface area (TPSA) is 49.3 Å². The SMILES string of the molecule is C=CC(C)O.CC.CNc1ccc(CCc2ccc(C=O)cc2C(C)(F)F)cc1.